The van der Waals surface area contributed by atoms with Crippen molar-refractivity contribution in [2.75, 3.05) is 0 Å². The van der Waals surface area contributed by atoms with Crippen LogP contribution in [-0.2, 0) is 19.2 Å². The lowest BCUT2D eigenvalue weighted by molar-refractivity contribution is -0.138. The SMILES string of the molecule is CC(=O)C1(S(=O)(=O)OO)CCCCC1.O=C(O)O.O=C(O)O. The van der Waals surface area contributed by atoms with Crippen LogP contribution in [0.3, 0.4) is 0 Å². The molecule has 1 rings (SSSR count). The van der Waals surface area contributed by atoms with Gasteiger partial charge in [0.2, 0.25) is 0 Å². The highest BCUT2D eigenvalue weighted by Crippen LogP contribution is 2.36. The summed E-state index contributed by atoms with van der Waals surface area (Å²) in [6, 6.07) is 0. The van der Waals surface area contributed by atoms with E-state index >= 15 is 0 Å². The second-order valence-corrected chi connectivity index (χ2v) is 6.04. The molecule has 130 valence electrons. The van der Waals surface area contributed by atoms with Crippen LogP contribution in [0.25, 0.3) is 0 Å². The smallest absolute Gasteiger partial charge is 0.450 e. The maximum atomic E-state index is 11.4. The van der Waals surface area contributed by atoms with Crippen LogP contribution in [-0.4, -0.2) is 56.9 Å². The van der Waals surface area contributed by atoms with Gasteiger partial charge in [0, 0.05) is 0 Å². The predicted octanol–water partition coefficient (Wildman–Crippen LogP) is 1.54. The first-order valence-electron chi connectivity index (χ1n) is 5.85. The second-order valence-electron chi connectivity index (χ2n) is 4.20. The first-order chi connectivity index (χ1) is 9.93. The third-order valence-electron chi connectivity index (χ3n) is 2.88. The second kappa shape index (κ2) is 9.92. The normalized spacial score (nSPS) is 16.1. The van der Waals surface area contributed by atoms with Crippen molar-refractivity contribution in [2.24, 2.45) is 0 Å². The minimum Gasteiger partial charge on any atom is -0.450 e. The number of carbonyl (C=O) groups excluding carboxylic acids is 1. The van der Waals surface area contributed by atoms with E-state index in [9.17, 15) is 13.2 Å². The molecule has 11 nitrogen and oxygen atoms in total. The van der Waals surface area contributed by atoms with Crippen LogP contribution >= 0.6 is 0 Å². The first kappa shape index (κ1) is 22.4. The van der Waals surface area contributed by atoms with E-state index in [0.717, 1.165) is 6.42 Å². The molecule has 12 heteroatoms. The standard InChI is InChI=1S/C8H14O5S.2CH2O3/c1-7(9)8(14(11,12)13-10)5-3-2-4-6-8;2*2-1(3)4/h10H,2-6H2,1H3;2*(H2,2,3,4). The molecule has 0 unspecified atom stereocenters. The Morgan fingerprint density at radius 2 is 1.23 bits per heavy atom. The van der Waals surface area contributed by atoms with Crippen LogP contribution < -0.4 is 0 Å². The minimum atomic E-state index is -4.18. The fourth-order valence-corrected chi connectivity index (χ4v) is 3.26. The highest BCUT2D eigenvalue weighted by atomic mass is 32.2. The van der Waals surface area contributed by atoms with Gasteiger partial charge in [0.1, 0.15) is 0 Å². The molecule has 1 aliphatic carbocycles. The average Bonchev–Trinajstić information content (AvgIpc) is 2.38. The van der Waals surface area contributed by atoms with Gasteiger partial charge in [-0.2, -0.15) is 8.42 Å². The zero-order chi connectivity index (χ0) is 18.0. The zero-order valence-electron chi connectivity index (χ0n) is 11.6. The number of hydrogen-bond donors (Lipinski definition) is 5. The van der Waals surface area contributed by atoms with Gasteiger partial charge in [-0.3, -0.25) is 4.79 Å². The van der Waals surface area contributed by atoms with Crippen molar-refractivity contribution in [3.63, 3.8) is 0 Å². The molecule has 0 aromatic carbocycles. The molecule has 0 heterocycles. The highest BCUT2D eigenvalue weighted by Gasteiger charge is 2.50. The Morgan fingerprint density at radius 1 is 0.909 bits per heavy atom. The summed E-state index contributed by atoms with van der Waals surface area (Å²) in [6.07, 6.45) is -0.934. The molecule has 0 saturated heterocycles. The van der Waals surface area contributed by atoms with E-state index in [0.29, 0.717) is 12.8 Å². The van der Waals surface area contributed by atoms with Gasteiger partial charge in [-0.1, -0.05) is 19.3 Å². The molecule has 5 N–H and O–H groups in total. The summed E-state index contributed by atoms with van der Waals surface area (Å²) in [5.74, 6) is -0.453. The van der Waals surface area contributed by atoms with Crippen molar-refractivity contribution in [3.05, 3.63) is 0 Å². The highest BCUT2D eigenvalue weighted by molar-refractivity contribution is 7.88. The summed E-state index contributed by atoms with van der Waals surface area (Å²) in [5.41, 5.74) is 0. The fraction of sp³-hybridized carbons (Fsp3) is 0.700. The Labute approximate surface area is 125 Å². The van der Waals surface area contributed by atoms with Crippen molar-refractivity contribution in [1.29, 1.82) is 0 Å². The van der Waals surface area contributed by atoms with Gasteiger partial charge < -0.3 is 20.4 Å². The van der Waals surface area contributed by atoms with Gasteiger partial charge in [0.25, 0.3) is 0 Å². The van der Waals surface area contributed by atoms with Crippen LogP contribution in [0.2, 0.25) is 0 Å². The van der Waals surface area contributed by atoms with E-state index in [1.54, 1.807) is 0 Å². The number of carbonyl (C=O) groups is 3. The van der Waals surface area contributed by atoms with Gasteiger partial charge >= 0.3 is 22.4 Å². The molecule has 0 atom stereocenters. The maximum absolute atomic E-state index is 11.4. The van der Waals surface area contributed by atoms with Gasteiger partial charge in [0.05, 0.1) is 0 Å². The van der Waals surface area contributed by atoms with Gasteiger partial charge in [-0.25, -0.2) is 14.8 Å². The number of carboxylic acid groups (broad SMARTS) is 4. The van der Waals surface area contributed by atoms with Crippen LogP contribution in [0.15, 0.2) is 0 Å². The summed E-state index contributed by atoms with van der Waals surface area (Å²) in [4.78, 5) is 28.5. The minimum absolute atomic E-state index is 0.241. The average molecular weight is 346 g/mol. The fourth-order valence-electron chi connectivity index (χ4n) is 1.97. The molecule has 0 aliphatic heterocycles. The Balaban J connectivity index is 0. The lowest BCUT2D eigenvalue weighted by Gasteiger charge is -2.31. The molecule has 22 heavy (non-hydrogen) atoms. The third-order valence-corrected chi connectivity index (χ3v) is 4.73. The summed E-state index contributed by atoms with van der Waals surface area (Å²) in [6.45, 7) is 1.22. The lowest BCUT2D eigenvalue weighted by Crippen LogP contribution is -2.47. The number of ketones is 1. The van der Waals surface area contributed by atoms with E-state index in [1.165, 1.54) is 6.92 Å². The van der Waals surface area contributed by atoms with Crippen LogP contribution in [0.5, 0.6) is 0 Å². The van der Waals surface area contributed by atoms with E-state index < -0.39 is 33.0 Å². The van der Waals surface area contributed by atoms with Crippen molar-refractivity contribution in [2.45, 2.75) is 43.8 Å². The van der Waals surface area contributed by atoms with E-state index in [1.807, 2.05) is 0 Å². The van der Waals surface area contributed by atoms with Crippen LogP contribution in [0.1, 0.15) is 39.0 Å². The van der Waals surface area contributed by atoms with Crippen molar-refractivity contribution in [3.8, 4) is 0 Å². The molecular formula is C10H18O11S. The largest absolute Gasteiger partial charge is 0.503 e. The Morgan fingerprint density at radius 3 is 1.45 bits per heavy atom. The van der Waals surface area contributed by atoms with Crippen LogP contribution in [0.4, 0.5) is 9.59 Å². The summed E-state index contributed by atoms with van der Waals surface area (Å²) < 4.78 is 24.8. The number of hydrogen-bond acceptors (Lipinski definition) is 7. The Bertz CT molecular complexity index is 455. The molecule has 0 aromatic heterocycles. The summed E-state index contributed by atoms with van der Waals surface area (Å²) in [7, 11) is -4.18. The number of rotatable bonds is 3. The molecule has 0 amide bonds. The van der Waals surface area contributed by atoms with Gasteiger partial charge in [0.15, 0.2) is 10.5 Å². The zero-order valence-corrected chi connectivity index (χ0v) is 12.4. The molecule has 1 saturated carbocycles. The van der Waals surface area contributed by atoms with Crippen LogP contribution in [0, 0.1) is 0 Å². The third kappa shape index (κ3) is 7.75. The Kier molecular flexibility index (Phi) is 10.1. The quantitative estimate of drug-likeness (QED) is 0.367. The van der Waals surface area contributed by atoms with Gasteiger partial charge in [-0.05, 0) is 19.8 Å². The molecule has 1 fully saturated rings. The maximum Gasteiger partial charge on any atom is 0.503 e. The first-order valence-corrected chi connectivity index (χ1v) is 7.26. The van der Waals surface area contributed by atoms with Crippen molar-refractivity contribution >= 4 is 28.2 Å². The lowest BCUT2D eigenvalue weighted by atomic mass is 9.86. The van der Waals surface area contributed by atoms with E-state index in [2.05, 4.69) is 4.33 Å². The summed E-state index contributed by atoms with van der Waals surface area (Å²) in [5, 5.41) is 36.2. The molecule has 0 aromatic rings. The monoisotopic (exact) mass is 346 g/mol. The molecule has 0 spiro atoms. The molecule has 0 radical (unpaired) electrons. The topological polar surface area (TPSA) is 196 Å². The molecular weight excluding hydrogens is 328 g/mol. The Hall–Kier alpha value is -1.92. The molecule has 1 aliphatic rings. The van der Waals surface area contributed by atoms with Gasteiger partial charge in [-0.15, -0.1) is 4.33 Å². The van der Waals surface area contributed by atoms with E-state index in [4.69, 9.17) is 35.3 Å². The van der Waals surface area contributed by atoms with E-state index in [-0.39, 0.29) is 12.8 Å². The molecule has 0 bridgehead atoms. The van der Waals surface area contributed by atoms with Crippen molar-refractivity contribution < 1.29 is 52.8 Å². The predicted molar refractivity (Wildman–Crippen MR) is 70.4 cm³/mol. The summed E-state index contributed by atoms with van der Waals surface area (Å²) >= 11 is 0. The van der Waals surface area contributed by atoms with Crippen molar-refractivity contribution in [1.82, 2.24) is 0 Å². The number of Topliss-reactive ketones (excluding diaryl/α,β-unsaturated/α-hetero) is 1.